The van der Waals surface area contributed by atoms with Gasteiger partial charge in [0.15, 0.2) is 5.82 Å². The van der Waals surface area contributed by atoms with Gasteiger partial charge in [0.05, 0.1) is 6.04 Å². The van der Waals surface area contributed by atoms with Crippen LogP contribution in [0.1, 0.15) is 74.6 Å². The molecule has 170 valence electrons. The van der Waals surface area contributed by atoms with Gasteiger partial charge in [0.25, 0.3) is 0 Å². The van der Waals surface area contributed by atoms with Crippen molar-refractivity contribution in [3.8, 4) is 0 Å². The van der Waals surface area contributed by atoms with E-state index in [2.05, 4.69) is 26.0 Å². The van der Waals surface area contributed by atoms with Gasteiger partial charge in [-0.05, 0) is 50.5 Å². The van der Waals surface area contributed by atoms with Crippen molar-refractivity contribution in [2.75, 3.05) is 18.0 Å². The van der Waals surface area contributed by atoms with Crippen LogP contribution < -0.4 is 4.90 Å². The van der Waals surface area contributed by atoms with Crippen LogP contribution in [-0.4, -0.2) is 39.8 Å². The number of fused-ring (bicyclic) bond motifs is 1. The molecule has 32 heavy (non-hydrogen) atoms. The number of nitrogens with zero attached hydrogens (tertiary/aromatic N) is 4. The molecule has 1 fully saturated rings. The summed E-state index contributed by atoms with van der Waals surface area (Å²) in [4.78, 5) is 39.2. The fourth-order valence-electron chi connectivity index (χ4n) is 4.87. The van der Waals surface area contributed by atoms with Crippen molar-refractivity contribution < 1.29 is 9.59 Å². The summed E-state index contributed by atoms with van der Waals surface area (Å²) in [5, 5.41) is 0. The highest BCUT2D eigenvalue weighted by Crippen LogP contribution is 2.35. The third kappa shape index (κ3) is 4.84. The molecule has 3 heterocycles. The molecule has 0 bridgehead atoms. The minimum Gasteiger partial charge on any atom is -0.332 e. The van der Waals surface area contributed by atoms with E-state index in [-0.39, 0.29) is 17.9 Å². The number of benzene rings is 1. The Hall–Kier alpha value is -2.76. The standard InChI is InChI=1S/C26H34N4O2/c1-18(2)17-24(32)29-15-8-12-22(29)25-27-19(3)21-13-14-23(31)30(26(21)28-25)16-7-11-20-9-5-4-6-10-20/h4-6,9-10,18,22H,7-8,11-17H2,1-3H3/t22-/m1/s1. The molecule has 2 aromatic rings. The van der Waals surface area contributed by atoms with E-state index in [1.807, 2.05) is 34.9 Å². The normalized spacial score (nSPS) is 18.4. The second-order valence-electron chi connectivity index (χ2n) is 9.45. The van der Waals surface area contributed by atoms with Crippen molar-refractivity contribution >= 4 is 17.6 Å². The lowest BCUT2D eigenvalue weighted by molar-refractivity contribution is -0.133. The average molecular weight is 435 g/mol. The van der Waals surface area contributed by atoms with Crippen LogP contribution in [0.25, 0.3) is 0 Å². The molecule has 1 aromatic heterocycles. The SMILES string of the molecule is Cc1nc([C@H]2CCCN2C(=O)CC(C)C)nc2c1CCC(=O)N2CCCc1ccccc1. The van der Waals surface area contributed by atoms with Crippen LogP contribution in [0, 0.1) is 12.8 Å². The number of aromatic nitrogens is 2. The van der Waals surface area contributed by atoms with Gasteiger partial charge in [0.2, 0.25) is 11.8 Å². The Labute approximate surface area is 191 Å². The van der Waals surface area contributed by atoms with E-state index in [1.54, 1.807) is 0 Å². The maximum Gasteiger partial charge on any atom is 0.228 e. The lowest BCUT2D eigenvalue weighted by Crippen LogP contribution is -2.38. The van der Waals surface area contributed by atoms with Gasteiger partial charge in [-0.3, -0.25) is 14.5 Å². The second kappa shape index (κ2) is 9.80. The van der Waals surface area contributed by atoms with E-state index in [0.29, 0.717) is 37.5 Å². The molecular formula is C26H34N4O2. The van der Waals surface area contributed by atoms with Crippen molar-refractivity contribution in [2.24, 2.45) is 5.92 Å². The molecule has 1 saturated heterocycles. The molecule has 2 amide bonds. The molecule has 0 unspecified atom stereocenters. The smallest absolute Gasteiger partial charge is 0.228 e. The van der Waals surface area contributed by atoms with Gasteiger partial charge in [-0.1, -0.05) is 44.2 Å². The van der Waals surface area contributed by atoms with E-state index in [1.165, 1.54) is 5.56 Å². The summed E-state index contributed by atoms with van der Waals surface area (Å²) in [6.07, 6.45) is 5.40. The zero-order chi connectivity index (χ0) is 22.7. The molecule has 4 rings (SSSR count). The number of likely N-dealkylation sites (tertiary alicyclic amines) is 1. The van der Waals surface area contributed by atoms with Crippen LogP contribution >= 0.6 is 0 Å². The van der Waals surface area contributed by atoms with Gasteiger partial charge in [0, 0.05) is 37.2 Å². The fraction of sp³-hybridized carbons (Fsp3) is 0.538. The number of rotatable bonds is 7. The summed E-state index contributed by atoms with van der Waals surface area (Å²) in [5.41, 5.74) is 3.29. The van der Waals surface area contributed by atoms with Crippen LogP contribution in [0.3, 0.4) is 0 Å². The predicted molar refractivity (Wildman–Crippen MR) is 125 cm³/mol. The number of aryl methyl sites for hydroxylation is 2. The fourth-order valence-corrected chi connectivity index (χ4v) is 4.87. The number of hydrogen-bond donors (Lipinski definition) is 0. The molecular weight excluding hydrogens is 400 g/mol. The first-order valence-electron chi connectivity index (χ1n) is 11.9. The van der Waals surface area contributed by atoms with E-state index >= 15 is 0 Å². The van der Waals surface area contributed by atoms with Gasteiger partial charge in [-0.25, -0.2) is 9.97 Å². The lowest BCUT2D eigenvalue weighted by atomic mass is 10.0. The maximum atomic E-state index is 12.8. The topological polar surface area (TPSA) is 66.4 Å². The Kier molecular flexibility index (Phi) is 6.87. The number of amides is 2. The van der Waals surface area contributed by atoms with Crippen LogP contribution in [-0.2, 0) is 22.4 Å². The van der Waals surface area contributed by atoms with Crippen LogP contribution in [0.2, 0.25) is 0 Å². The molecule has 0 N–H and O–H groups in total. The Balaban J connectivity index is 1.56. The van der Waals surface area contributed by atoms with Crippen LogP contribution in [0.15, 0.2) is 30.3 Å². The van der Waals surface area contributed by atoms with Gasteiger partial charge in [-0.15, -0.1) is 0 Å². The highest BCUT2D eigenvalue weighted by molar-refractivity contribution is 5.95. The third-order valence-corrected chi connectivity index (χ3v) is 6.50. The third-order valence-electron chi connectivity index (χ3n) is 6.50. The lowest BCUT2D eigenvalue weighted by Gasteiger charge is -2.31. The van der Waals surface area contributed by atoms with Crippen molar-refractivity contribution in [2.45, 2.75) is 71.8 Å². The number of carbonyl (C=O) groups excluding carboxylic acids is 2. The van der Waals surface area contributed by atoms with E-state index in [0.717, 1.165) is 49.3 Å². The molecule has 1 aromatic carbocycles. The zero-order valence-corrected chi connectivity index (χ0v) is 19.5. The first kappa shape index (κ1) is 22.4. The van der Waals surface area contributed by atoms with Crippen molar-refractivity contribution in [1.82, 2.24) is 14.9 Å². The number of carbonyl (C=O) groups is 2. The molecule has 2 aliphatic heterocycles. The average Bonchev–Trinajstić information content (AvgIpc) is 3.26. The van der Waals surface area contributed by atoms with Crippen LogP contribution in [0.4, 0.5) is 5.82 Å². The molecule has 0 radical (unpaired) electrons. The molecule has 1 atom stereocenters. The minimum absolute atomic E-state index is 0.0894. The minimum atomic E-state index is -0.0894. The Morgan fingerprint density at radius 1 is 1.16 bits per heavy atom. The quantitative estimate of drug-likeness (QED) is 0.648. The molecule has 6 heteroatoms. The summed E-state index contributed by atoms with van der Waals surface area (Å²) in [6.45, 7) is 7.56. The summed E-state index contributed by atoms with van der Waals surface area (Å²) >= 11 is 0. The number of hydrogen-bond acceptors (Lipinski definition) is 4. The predicted octanol–water partition coefficient (Wildman–Crippen LogP) is 4.41. The molecule has 0 aliphatic carbocycles. The van der Waals surface area contributed by atoms with Gasteiger partial charge in [0.1, 0.15) is 5.82 Å². The summed E-state index contributed by atoms with van der Waals surface area (Å²) in [5.74, 6) is 2.09. The Morgan fingerprint density at radius 2 is 1.94 bits per heavy atom. The molecule has 0 saturated carbocycles. The molecule has 6 nitrogen and oxygen atoms in total. The zero-order valence-electron chi connectivity index (χ0n) is 19.5. The summed E-state index contributed by atoms with van der Waals surface area (Å²) in [6, 6.07) is 10.3. The highest BCUT2D eigenvalue weighted by Gasteiger charge is 2.35. The largest absolute Gasteiger partial charge is 0.332 e. The summed E-state index contributed by atoms with van der Waals surface area (Å²) < 4.78 is 0. The second-order valence-corrected chi connectivity index (χ2v) is 9.45. The first-order chi connectivity index (χ1) is 15.4. The van der Waals surface area contributed by atoms with Crippen LogP contribution in [0.5, 0.6) is 0 Å². The van der Waals surface area contributed by atoms with E-state index < -0.39 is 0 Å². The maximum absolute atomic E-state index is 12.8. The Morgan fingerprint density at radius 3 is 2.69 bits per heavy atom. The van der Waals surface area contributed by atoms with Gasteiger partial charge in [-0.2, -0.15) is 0 Å². The van der Waals surface area contributed by atoms with Crippen molar-refractivity contribution in [3.05, 3.63) is 53.0 Å². The number of anilines is 1. The van der Waals surface area contributed by atoms with E-state index in [4.69, 9.17) is 9.97 Å². The molecule has 2 aliphatic rings. The van der Waals surface area contributed by atoms with Gasteiger partial charge < -0.3 is 4.90 Å². The highest BCUT2D eigenvalue weighted by atomic mass is 16.2. The molecule has 0 spiro atoms. The van der Waals surface area contributed by atoms with Crippen molar-refractivity contribution in [1.29, 1.82) is 0 Å². The Bertz CT molecular complexity index is 973. The van der Waals surface area contributed by atoms with Gasteiger partial charge >= 0.3 is 0 Å². The van der Waals surface area contributed by atoms with Crippen molar-refractivity contribution in [3.63, 3.8) is 0 Å². The monoisotopic (exact) mass is 434 g/mol. The van der Waals surface area contributed by atoms with E-state index in [9.17, 15) is 9.59 Å². The first-order valence-corrected chi connectivity index (χ1v) is 11.9. The summed E-state index contributed by atoms with van der Waals surface area (Å²) in [7, 11) is 0.